The number of aromatic nitrogens is 2. The number of aryl methyl sites for hydroxylation is 2. The molecule has 0 fully saturated rings. The van der Waals surface area contributed by atoms with Gasteiger partial charge in [-0.3, -0.25) is 9.02 Å². The number of sulfonamides is 1. The predicted molar refractivity (Wildman–Crippen MR) is 104 cm³/mol. The standard InChI is InChI=1S/C16H21N5O6S2/c1-5-27-29(24,25)14-9-7-6-8-13(14)28(22,23)21(26-4)15(17)20-16-18-11(2)10-12(3)19-16/h6-10H,5H2,1-4H3,(H2,17,18,19,20). The van der Waals surface area contributed by atoms with Crippen LogP contribution in [0.2, 0.25) is 0 Å². The van der Waals surface area contributed by atoms with Crippen LogP contribution in [-0.2, 0) is 29.2 Å². The van der Waals surface area contributed by atoms with E-state index in [1.54, 1.807) is 19.9 Å². The van der Waals surface area contributed by atoms with E-state index in [1.165, 1.54) is 19.1 Å². The summed E-state index contributed by atoms with van der Waals surface area (Å²) in [7, 11) is -7.87. The molecule has 0 amide bonds. The van der Waals surface area contributed by atoms with Gasteiger partial charge in [0, 0.05) is 11.4 Å². The largest absolute Gasteiger partial charge is 0.367 e. The van der Waals surface area contributed by atoms with Gasteiger partial charge < -0.3 is 5.73 Å². The van der Waals surface area contributed by atoms with Crippen LogP contribution >= 0.6 is 0 Å². The summed E-state index contributed by atoms with van der Waals surface area (Å²) in [5.74, 6) is -0.686. The van der Waals surface area contributed by atoms with Crippen molar-refractivity contribution in [3.63, 3.8) is 0 Å². The molecule has 0 bridgehead atoms. The van der Waals surface area contributed by atoms with Crippen LogP contribution in [0, 0.1) is 13.8 Å². The molecule has 0 aliphatic heterocycles. The Morgan fingerprint density at radius 1 is 1.10 bits per heavy atom. The normalized spacial score (nSPS) is 12.8. The molecule has 11 nitrogen and oxygen atoms in total. The Balaban J connectivity index is 2.58. The second kappa shape index (κ2) is 8.82. The monoisotopic (exact) mass is 443 g/mol. The Morgan fingerprint density at radius 3 is 2.17 bits per heavy atom. The fourth-order valence-corrected chi connectivity index (χ4v) is 5.25. The maximum absolute atomic E-state index is 13.1. The average Bonchev–Trinajstić information content (AvgIpc) is 2.61. The third kappa shape index (κ3) is 5.06. The first-order valence-corrected chi connectivity index (χ1v) is 11.1. The highest BCUT2D eigenvalue weighted by Gasteiger charge is 2.33. The quantitative estimate of drug-likeness (QED) is 0.286. The molecule has 0 aliphatic rings. The zero-order valence-corrected chi connectivity index (χ0v) is 17.9. The molecule has 1 heterocycles. The van der Waals surface area contributed by atoms with Gasteiger partial charge in [0.15, 0.2) is 0 Å². The lowest BCUT2D eigenvalue weighted by Crippen LogP contribution is -2.41. The summed E-state index contributed by atoms with van der Waals surface area (Å²) in [6.07, 6.45) is 0. The van der Waals surface area contributed by atoms with E-state index in [0.717, 1.165) is 19.2 Å². The van der Waals surface area contributed by atoms with Crippen molar-refractivity contribution in [3.05, 3.63) is 41.7 Å². The van der Waals surface area contributed by atoms with Gasteiger partial charge in [-0.1, -0.05) is 12.1 Å². The number of benzene rings is 1. The third-order valence-corrected chi connectivity index (χ3v) is 6.68. The molecule has 1 aromatic heterocycles. The minimum Gasteiger partial charge on any atom is -0.367 e. The van der Waals surface area contributed by atoms with E-state index in [0.29, 0.717) is 11.4 Å². The first kappa shape index (κ1) is 22.7. The highest BCUT2D eigenvalue weighted by molar-refractivity contribution is 7.91. The zero-order valence-electron chi connectivity index (χ0n) is 16.2. The minimum absolute atomic E-state index is 0.0764. The molecule has 0 radical (unpaired) electrons. The van der Waals surface area contributed by atoms with E-state index in [9.17, 15) is 16.8 Å². The smallest absolute Gasteiger partial charge is 0.298 e. The lowest BCUT2D eigenvalue weighted by atomic mass is 10.4. The molecule has 2 rings (SSSR count). The molecule has 0 unspecified atom stereocenters. The number of guanidine groups is 1. The summed E-state index contributed by atoms with van der Waals surface area (Å²) in [6, 6.07) is 6.61. The Labute approximate surface area is 169 Å². The van der Waals surface area contributed by atoms with Crippen LogP contribution in [0.1, 0.15) is 18.3 Å². The highest BCUT2D eigenvalue weighted by atomic mass is 32.2. The number of nitrogens with zero attached hydrogens (tertiary/aromatic N) is 4. The summed E-state index contributed by atoms with van der Waals surface area (Å²) in [5.41, 5.74) is 7.01. The van der Waals surface area contributed by atoms with E-state index < -0.39 is 35.9 Å². The maximum atomic E-state index is 13.1. The van der Waals surface area contributed by atoms with Crippen LogP contribution in [0.15, 0.2) is 45.1 Å². The van der Waals surface area contributed by atoms with Crippen LogP contribution in [0.25, 0.3) is 0 Å². The van der Waals surface area contributed by atoms with Gasteiger partial charge in [0.25, 0.3) is 26.1 Å². The van der Waals surface area contributed by atoms with Crippen LogP contribution < -0.4 is 5.73 Å². The number of hydrogen-bond donors (Lipinski definition) is 1. The first-order chi connectivity index (χ1) is 13.5. The summed E-state index contributed by atoms with van der Waals surface area (Å²) >= 11 is 0. The predicted octanol–water partition coefficient (Wildman–Crippen LogP) is 1.02. The summed E-state index contributed by atoms with van der Waals surface area (Å²) < 4.78 is 55.8. The SMILES string of the molecule is CCOS(=O)(=O)c1ccccc1S(=O)(=O)N(OC)/C(N)=N\c1nc(C)cc(C)n1. The second-order valence-corrected chi connectivity index (χ2v) is 8.95. The molecule has 0 spiro atoms. The number of aliphatic imine (C=N–C) groups is 1. The molecule has 0 saturated heterocycles. The molecule has 29 heavy (non-hydrogen) atoms. The molecule has 13 heteroatoms. The average molecular weight is 444 g/mol. The topological polar surface area (TPSA) is 154 Å². The van der Waals surface area contributed by atoms with Crippen molar-refractivity contribution in [2.24, 2.45) is 10.7 Å². The van der Waals surface area contributed by atoms with Gasteiger partial charge in [-0.2, -0.15) is 21.8 Å². The van der Waals surface area contributed by atoms with Crippen molar-refractivity contribution in [2.75, 3.05) is 13.7 Å². The Morgan fingerprint density at radius 2 is 1.66 bits per heavy atom. The fraction of sp³-hybridized carbons (Fsp3) is 0.312. The van der Waals surface area contributed by atoms with Crippen LogP contribution in [0.3, 0.4) is 0 Å². The lowest BCUT2D eigenvalue weighted by molar-refractivity contribution is 0.0137. The van der Waals surface area contributed by atoms with E-state index in [1.807, 2.05) is 0 Å². The molecule has 2 aromatic rings. The first-order valence-electron chi connectivity index (χ1n) is 8.27. The maximum Gasteiger partial charge on any atom is 0.298 e. The Bertz CT molecular complexity index is 1110. The van der Waals surface area contributed by atoms with E-state index in [4.69, 9.17) is 14.8 Å². The van der Waals surface area contributed by atoms with Gasteiger partial charge in [0.2, 0.25) is 5.96 Å². The van der Waals surface area contributed by atoms with Crippen LogP contribution in [0.5, 0.6) is 0 Å². The summed E-state index contributed by atoms with van der Waals surface area (Å²) in [5, 5.41) is 0. The van der Waals surface area contributed by atoms with Crippen molar-refractivity contribution in [2.45, 2.75) is 30.6 Å². The Kier molecular flexibility index (Phi) is 6.89. The molecule has 158 valence electrons. The number of hydrogen-bond acceptors (Lipinski definition) is 9. The third-order valence-electron chi connectivity index (χ3n) is 3.43. The molecule has 1 aromatic carbocycles. The lowest BCUT2D eigenvalue weighted by Gasteiger charge is -2.21. The van der Waals surface area contributed by atoms with Gasteiger partial charge >= 0.3 is 0 Å². The summed E-state index contributed by atoms with van der Waals surface area (Å²) in [6.45, 7) is 4.72. The minimum atomic E-state index is -4.58. The Hall–Kier alpha value is -2.61. The van der Waals surface area contributed by atoms with Gasteiger partial charge in [0.05, 0.1) is 13.7 Å². The van der Waals surface area contributed by atoms with Crippen LogP contribution in [-0.4, -0.2) is 50.9 Å². The van der Waals surface area contributed by atoms with Crippen molar-refractivity contribution >= 4 is 32.0 Å². The van der Waals surface area contributed by atoms with E-state index >= 15 is 0 Å². The number of hydroxylamine groups is 1. The van der Waals surface area contributed by atoms with Gasteiger partial charge in [-0.05, 0) is 39.0 Å². The van der Waals surface area contributed by atoms with E-state index in [-0.39, 0.29) is 17.0 Å². The molecular weight excluding hydrogens is 422 g/mol. The number of nitrogens with two attached hydrogens (primary N) is 1. The highest BCUT2D eigenvalue weighted by Crippen LogP contribution is 2.26. The van der Waals surface area contributed by atoms with Gasteiger partial charge in [0.1, 0.15) is 9.79 Å². The van der Waals surface area contributed by atoms with E-state index in [2.05, 4.69) is 15.0 Å². The molecular formula is C16H21N5O6S2. The molecule has 0 atom stereocenters. The van der Waals surface area contributed by atoms with Gasteiger partial charge in [-0.25, -0.2) is 9.97 Å². The molecule has 0 aliphatic carbocycles. The number of rotatable bonds is 7. The zero-order chi connectivity index (χ0) is 21.8. The summed E-state index contributed by atoms with van der Waals surface area (Å²) in [4.78, 5) is 15.7. The van der Waals surface area contributed by atoms with Crippen LogP contribution in [0.4, 0.5) is 5.95 Å². The van der Waals surface area contributed by atoms with Crippen molar-refractivity contribution in [1.82, 2.24) is 14.4 Å². The molecule has 2 N–H and O–H groups in total. The molecule has 0 saturated carbocycles. The van der Waals surface area contributed by atoms with Crippen molar-refractivity contribution in [3.8, 4) is 0 Å². The fourth-order valence-electron chi connectivity index (χ4n) is 2.39. The van der Waals surface area contributed by atoms with Crippen molar-refractivity contribution in [1.29, 1.82) is 0 Å². The second-order valence-electron chi connectivity index (χ2n) is 5.64. The van der Waals surface area contributed by atoms with Crippen molar-refractivity contribution < 1.29 is 25.9 Å². The van der Waals surface area contributed by atoms with Gasteiger partial charge in [-0.15, -0.1) is 4.47 Å².